The van der Waals surface area contributed by atoms with Crippen LogP contribution >= 0.6 is 0 Å². The van der Waals surface area contributed by atoms with E-state index >= 15 is 0 Å². The molecule has 0 N–H and O–H groups in total. The Morgan fingerprint density at radius 3 is 2.31 bits per heavy atom. The van der Waals surface area contributed by atoms with E-state index in [4.69, 9.17) is 4.43 Å². The average Bonchev–Trinajstić information content (AvgIpc) is 2.12. The first-order chi connectivity index (χ1) is 7.24. The van der Waals surface area contributed by atoms with Crippen LogP contribution in [0.25, 0.3) is 0 Å². The maximum atomic E-state index is 10.6. The van der Waals surface area contributed by atoms with Gasteiger partial charge in [0.15, 0.2) is 8.32 Å². The maximum Gasteiger partial charge on any atom is 0.192 e. The Hall–Kier alpha value is -0.413. The van der Waals surface area contributed by atoms with E-state index in [1.54, 1.807) is 0 Å². The summed E-state index contributed by atoms with van der Waals surface area (Å²) in [5.74, 6) is 0. The Morgan fingerprint density at radius 2 is 1.94 bits per heavy atom. The predicted octanol–water partition coefficient (Wildman–Crippen LogP) is 3.93. The Labute approximate surface area is 101 Å². The van der Waals surface area contributed by atoms with Gasteiger partial charge in [-0.05, 0) is 31.0 Å². The molecule has 0 saturated heterocycles. The van der Waals surface area contributed by atoms with Gasteiger partial charge < -0.3 is 9.22 Å². The van der Waals surface area contributed by atoms with E-state index in [2.05, 4.69) is 40.4 Å². The predicted molar refractivity (Wildman–Crippen MR) is 72.2 cm³/mol. The number of hydrogen-bond donors (Lipinski definition) is 0. The summed E-state index contributed by atoms with van der Waals surface area (Å²) in [6.07, 6.45) is 5.21. The number of allylic oxidation sites excluding steroid dienone is 1. The minimum Gasteiger partial charge on any atom is -0.413 e. The zero-order valence-electron chi connectivity index (χ0n) is 11.4. The quantitative estimate of drug-likeness (QED) is 0.384. The van der Waals surface area contributed by atoms with E-state index in [0.29, 0.717) is 6.42 Å². The second-order valence-electron chi connectivity index (χ2n) is 5.77. The molecular formula is C13H26O2Si. The molecule has 16 heavy (non-hydrogen) atoms. The number of carbonyl (C=O) groups excluding carboxylic acids is 1. The van der Waals surface area contributed by atoms with Gasteiger partial charge in [0.05, 0.1) is 6.10 Å². The summed E-state index contributed by atoms with van der Waals surface area (Å²) in [6, 6.07) is 0. The van der Waals surface area contributed by atoms with Crippen molar-refractivity contribution in [1.82, 2.24) is 0 Å². The van der Waals surface area contributed by atoms with Gasteiger partial charge in [-0.1, -0.05) is 26.8 Å². The fourth-order valence-electron chi connectivity index (χ4n) is 1.23. The van der Waals surface area contributed by atoms with Crippen LogP contribution in [0.2, 0.25) is 18.1 Å². The van der Waals surface area contributed by atoms with Gasteiger partial charge in [-0.2, -0.15) is 0 Å². The molecule has 1 atom stereocenters. The molecule has 0 fully saturated rings. The smallest absolute Gasteiger partial charge is 0.192 e. The zero-order valence-corrected chi connectivity index (χ0v) is 12.4. The topological polar surface area (TPSA) is 26.3 Å². The molecule has 2 nitrogen and oxygen atoms in total. The fraction of sp³-hybridized carbons (Fsp3) is 0.769. The van der Waals surface area contributed by atoms with Gasteiger partial charge in [0.25, 0.3) is 0 Å². The third-order valence-corrected chi connectivity index (χ3v) is 7.85. The summed E-state index contributed by atoms with van der Waals surface area (Å²) in [6.45, 7) is 14.8. The second-order valence-corrected chi connectivity index (χ2v) is 10.5. The molecule has 0 spiro atoms. The minimum atomic E-state index is -1.75. The van der Waals surface area contributed by atoms with Crippen LogP contribution in [0.15, 0.2) is 12.7 Å². The Morgan fingerprint density at radius 1 is 1.38 bits per heavy atom. The van der Waals surface area contributed by atoms with Gasteiger partial charge in [-0.3, -0.25) is 0 Å². The molecule has 0 aliphatic carbocycles. The third-order valence-electron chi connectivity index (χ3n) is 3.32. The molecule has 0 aliphatic heterocycles. The van der Waals surface area contributed by atoms with E-state index in [0.717, 1.165) is 19.1 Å². The molecule has 0 aromatic heterocycles. The maximum absolute atomic E-state index is 10.6. The van der Waals surface area contributed by atoms with Gasteiger partial charge in [0.2, 0.25) is 0 Å². The van der Waals surface area contributed by atoms with Gasteiger partial charge >= 0.3 is 0 Å². The van der Waals surface area contributed by atoms with Crippen LogP contribution in [0.4, 0.5) is 0 Å². The van der Waals surface area contributed by atoms with Crippen molar-refractivity contribution in [3.8, 4) is 0 Å². The molecule has 0 amide bonds. The monoisotopic (exact) mass is 242 g/mol. The van der Waals surface area contributed by atoms with Crippen LogP contribution in [0.5, 0.6) is 0 Å². The van der Waals surface area contributed by atoms with Crippen molar-refractivity contribution < 1.29 is 9.22 Å². The van der Waals surface area contributed by atoms with Crippen LogP contribution < -0.4 is 0 Å². The fourth-order valence-corrected chi connectivity index (χ4v) is 2.63. The van der Waals surface area contributed by atoms with Crippen LogP contribution in [-0.2, 0) is 9.22 Å². The molecule has 0 heterocycles. The number of rotatable bonds is 7. The first-order valence-corrected chi connectivity index (χ1v) is 8.88. The highest BCUT2D eigenvalue weighted by Crippen LogP contribution is 2.37. The van der Waals surface area contributed by atoms with E-state index < -0.39 is 8.32 Å². The van der Waals surface area contributed by atoms with Crippen LogP contribution in [0.3, 0.4) is 0 Å². The molecule has 3 heteroatoms. The molecule has 0 aromatic carbocycles. The molecule has 0 bridgehead atoms. The SMILES string of the molecule is C=CCC[C@@H](CC=O)O[Si](C)(C)C(C)(C)C. The standard InChI is InChI=1S/C13H26O2Si/c1-7-8-9-12(10-11-14)15-16(5,6)13(2,3)4/h7,11-12H,1,8-10H2,2-6H3/t12-/m0/s1. The highest BCUT2D eigenvalue weighted by molar-refractivity contribution is 6.74. The molecule has 0 aromatic rings. The number of aldehydes is 1. The van der Waals surface area contributed by atoms with Crippen LogP contribution in [0, 0.1) is 0 Å². The molecule has 0 radical (unpaired) electrons. The molecule has 94 valence electrons. The molecule has 0 aliphatic rings. The molecule has 0 saturated carbocycles. The summed E-state index contributed by atoms with van der Waals surface area (Å²) in [7, 11) is -1.75. The second kappa shape index (κ2) is 6.35. The summed E-state index contributed by atoms with van der Waals surface area (Å²) in [4.78, 5) is 10.6. The van der Waals surface area contributed by atoms with Crippen molar-refractivity contribution in [2.45, 2.75) is 64.3 Å². The minimum absolute atomic E-state index is 0.0661. The van der Waals surface area contributed by atoms with Crippen molar-refractivity contribution in [3.63, 3.8) is 0 Å². The number of carbonyl (C=O) groups is 1. The lowest BCUT2D eigenvalue weighted by atomic mass is 10.1. The van der Waals surface area contributed by atoms with Crippen LogP contribution in [0.1, 0.15) is 40.0 Å². The van der Waals surface area contributed by atoms with Crippen molar-refractivity contribution in [3.05, 3.63) is 12.7 Å². The van der Waals surface area contributed by atoms with Crippen molar-refractivity contribution in [2.75, 3.05) is 0 Å². The Bertz CT molecular complexity index is 229. The van der Waals surface area contributed by atoms with Crippen molar-refractivity contribution in [2.24, 2.45) is 0 Å². The van der Waals surface area contributed by atoms with Crippen molar-refractivity contribution >= 4 is 14.6 Å². The molecular weight excluding hydrogens is 216 g/mol. The van der Waals surface area contributed by atoms with E-state index in [9.17, 15) is 4.79 Å². The summed E-state index contributed by atoms with van der Waals surface area (Å²) in [5.41, 5.74) is 0. The van der Waals surface area contributed by atoms with E-state index in [1.807, 2.05) is 6.08 Å². The summed E-state index contributed by atoms with van der Waals surface area (Å²) >= 11 is 0. The first kappa shape index (κ1) is 15.6. The summed E-state index contributed by atoms with van der Waals surface area (Å²) < 4.78 is 6.20. The van der Waals surface area contributed by atoms with Crippen LogP contribution in [-0.4, -0.2) is 20.7 Å². The third kappa shape index (κ3) is 5.08. The van der Waals surface area contributed by atoms with E-state index in [1.165, 1.54) is 0 Å². The van der Waals surface area contributed by atoms with Gasteiger partial charge in [-0.15, -0.1) is 6.58 Å². The number of hydrogen-bond acceptors (Lipinski definition) is 2. The van der Waals surface area contributed by atoms with Crippen molar-refractivity contribution in [1.29, 1.82) is 0 Å². The average molecular weight is 242 g/mol. The molecule has 0 unspecified atom stereocenters. The zero-order chi connectivity index (χ0) is 12.8. The highest BCUT2D eigenvalue weighted by atomic mass is 28.4. The lowest BCUT2D eigenvalue weighted by molar-refractivity contribution is -0.109. The first-order valence-electron chi connectivity index (χ1n) is 5.97. The molecule has 0 rings (SSSR count). The lowest BCUT2D eigenvalue weighted by Gasteiger charge is -2.39. The lowest BCUT2D eigenvalue weighted by Crippen LogP contribution is -2.44. The Kier molecular flexibility index (Phi) is 6.19. The van der Waals surface area contributed by atoms with E-state index in [-0.39, 0.29) is 11.1 Å². The normalized spacial score (nSPS) is 14.6. The Balaban J connectivity index is 4.47. The largest absolute Gasteiger partial charge is 0.413 e. The highest BCUT2D eigenvalue weighted by Gasteiger charge is 2.38. The van der Waals surface area contributed by atoms with Gasteiger partial charge in [-0.25, -0.2) is 0 Å². The summed E-state index contributed by atoms with van der Waals surface area (Å²) in [5, 5.41) is 0.197. The van der Waals surface area contributed by atoms with Gasteiger partial charge in [0, 0.05) is 6.42 Å². The van der Waals surface area contributed by atoms with Gasteiger partial charge in [0.1, 0.15) is 6.29 Å².